The summed E-state index contributed by atoms with van der Waals surface area (Å²) in [5.74, 6) is -0.435. The van der Waals surface area contributed by atoms with Crippen LogP contribution in [-0.2, 0) is 14.4 Å². The average molecular weight is 475 g/mol. The molecule has 4 heterocycles. The minimum atomic E-state index is -0.789. The minimum Gasteiger partial charge on any atom is -0.497 e. The number of carbonyl (C=O) groups is 3. The lowest BCUT2D eigenvalue weighted by Crippen LogP contribution is -2.51. The van der Waals surface area contributed by atoms with Crippen LogP contribution in [0.25, 0.3) is 6.08 Å². The van der Waals surface area contributed by atoms with E-state index in [2.05, 4.69) is 0 Å². The molecule has 0 saturated carbocycles. The Morgan fingerprint density at radius 1 is 1.00 bits per heavy atom. The van der Waals surface area contributed by atoms with Crippen LogP contribution in [0.5, 0.6) is 17.2 Å². The quantitative estimate of drug-likeness (QED) is 0.630. The van der Waals surface area contributed by atoms with Crippen molar-refractivity contribution in [1.82, 2.24) is 0 Å². The molecule has 0 bridgehead atoms. The molecule has 8 nitrogen and oxygen atoms in total. The number of rotatable bonds is 3. The number of hydrogen-bond donors (Lipinski definition) is 0. The van der Waals surface area contributed by atoms with E-state index in [1.165, 1.54) is 4.90 Å². The standard InChI is InChI=1S/C27H26N2O6/c1-27(2,3)24(30)23-22-21(18-8-5-14-11-16(33-4)7-9-17(14)29(18)23)25(31)28(26(22)32)15-6-10-19-20(12-15)35-13-34-19/h5-12,18,21-23H,13H2,1-4H3/t18-,21+,22-,23+/m1/s1. The number of amides is 2. The molecule has 4 aliphatic heterocycles. The molecule has 2 fully saturated rings. The molecular weight excluding hydrogens is 448 g/mol. The van der Waals surface area contributed by atoms with Crippen molar-refractivity contribution in [3.8, 4) is 17.2 Å². The number of ether oxygens (including phenoxy) is 3. The lowest BCUT2D eigenvalue weighted by atomic mass is 9.79. The zero-order valence-corrected chi connectivity index (χ0v) is 20.0. The van der Waals surface area contributed by atoms with Gasteiger partial charge in [-0.25, -0.2) is 4.90 Å². The van der Waals surface area contributed by atoms with Gasteiger partial charge in [-0.15, -0.1) is 0 Å². The van der Waals surface area contributed by atoms with E-state index in [-0.39, 0.29) is 24.4 Å². The summed E-state index contributed by atoms with van der Waals surface area (Å²) in [5.41, 5.74) is 1.44. The molecule has 2 saturated heterocycles. The van der Waals surface area contributed by atoms with Gasteiger partial charge in [0.25, 0.3) is 0 Å². The van der Waals surface area contributed by atoms with Crippen molar-refractivity contribution in [3.63, 3.8) is 0 Å². The molecule has 8 heteroatoms. The van der Waals surface area contributed by atoms with E-state index in [1.54, 1.807) is 25.3 Å². The number of imide groups is 1. The van der Waals surface area contributed by atoms with Crippen LogP contribution < -0.4 is 24.0 Å². The summed E-state index contributed by atoms with van der Waals surface area (Å²) in [6, 6.07) is 9.49. The first-order valence-corrected chi connectivity index (χ1v) is 11.7. The Kier molecular flexibility index (Phi) is 4.55. The van der Waals surface area contributed by atoms with Gasteiger partial charge in [-0.05, 0) is 30.3 Å². The zero-order chi connectivity index (χ0) is 24.6. The van der Waals surface area contributed by atoms with E-state index in [0.717, 1.165) is 11.3 Å². The summed E-state index contributed by atoms with van der Waals surface area (Å²) in [7, 11) is 1.60. The third-order valence-electron chi connectivity index (χ3n) is 7.33. The van der Waals surface area contributed by atoms with Crippen molar-refractivity contribution < 1.29 is 28.6 Å². The molecular formula is C27H26N2O6. The van der Waals surface area contributed by atoms with Crippen molar-refractivity contribution in [2.75, 3.05) is 23.7 Å². The largest absolute Gasteiger partial charge is 0.497 e. The van der Waals surface area contributed by atoms with Gasteiger partial charge in [0.15, 0.2) is 17.3 Å². The van der Waals surface area contributed by atoms with Crippen molar-refractivity contribution in [1.29, 1.82) is 0 Å². The van der Waals surface area contributed by atoms with Crippen LogP contribution in [0.15, 0.2) is 42.5 Å². The second kappa shape index (κ2) is 7.34. The fourth-order valence-electron chi connectivity index (χ4n) is 5.70. The molecule has 35 heavy (non-hydrogen) atoms. The Bertz CT molecular complexity index is 1310. The van der Waals surface area contributed by atoms with Crippen LogP contribution in [0.3, 0.4) is 0 Å². The smallest absolute Gasteiger partial charge is 0.240 e. The lowest BCUT2D eigenvalue weighted by molar-refractivity contribution is -0.132. The normalized spacial score (nSPS) is 26.1. The highest BCUT2D eigenvalue weighted by molar-refractivity contribution is 6.25. The molecule has 2 aromatic carbocycles. The number of Topliss-reactive ketones (excluding diaryl/α,β-unsaturated/α-hetero) is 1. The van der Waals surface area contributed by atoms with Gasteiger partial charge in [0.05, 0.1) is 30.7 Å². The molecule has 2 amide bonds. The van der Waals surface area contributed by atoms with Crippen molar-refractivity contribution >= 4 is 35.0 Å². The third-order valence-corrected chi connectivity index (χ3v) is 7.33. The van der Waals surface area contributed by atoms with E-state index in [0.29, 0.717) is 22.9 Å². The number of ketones is 1. The summed E-state index contributed by atoms with van der Waals surface area (Å²) in [6.45, 7) is 5.65. The Morgan fingerprint density at radius 2 is 1.74 bits per heavy atom. The molecule has 2 aromatic rings. The van der Waals surface area contributed by atoms with Crippen LogP contribution >= 0.6 is 0 Å². The monoisotopic (exact) mass is 474 g/mol. The van der Waals surface area contributed by atoms with Crippen molar-refractivity contribution in [2.45, 2.75) is 32.9 Å². The Morgan fingerprint density at radius 3 is 2.49 bits per heavy atom. The number of carbonyl (C=O) groups excluding carboxylic acids is 3. The zero-order valence-electron chi connectivity index (χ0n) is 20.0. The highest BCUT2D eigenvalue weighted by atomic mass is 16.7. The molecule has 0 aromatic heterocycles. The summed E-state index contributed by atoms with van der Waals surface area (Å²) in [4.78, 5) is 44.8. The fourth-order valence-corrected chi connectivity index (χ4v) is 5.70. The van der Waals surface area contributed by atoms with Crippen molar-refractivity contribution in [3.05, 3.63) is 48.0 Å². The second-order valence-electron chi connectivity index (χ2n) is 10.3. The van der Waals surface area contributed by atoms with Gasteiger partial charge >= 0.3 is 0 Å². The fraction of sp³-hybridized carbons (Fsp3) is 0.370. The molecule has 0 unspecified atom stereocenters. The van der Waals surface area contributed by atoms with Crippen molar-refractivity contribution in [2.24, 2.45) is 17.3 Å². The van der Waals surface area contributed by atoms with Crippen LogP contribution in [0.4, 0.5) is 11.4 Å². The number of fused-ring (bicyclic) bond motifs is 6. The highest BCUT2D eigenvalue weighted by Crippen LogP contribution is 2.51. The predicted molar refractivity (Wildman–Crippen MR) is 129 cm³/mol. The Hall–Kier alpha value is -3.81. The summed E-state index contributed by atoms with van der Waals surface area (Å²) >= 11 is 0. The Labute approximate surface area is 203 Å². The van der Waals surface area contributed by atoms with Gasteiger partial charge in [-0.2, -0.15) is 0 Å². The first kappa shape index (κ1) is 21.7. The summed E-state index contributed by atoms with van der Waals surface area (Å²) < 4.78 is 16.2. The van der Waals surface area contributed by atoms with Gasteiger partial charge in [0.2, 0.25) is 18.6 Å². The van der Waals surface area contributed by atoms with Crippen LogP contribution in [0.1, 0.15) is 26.3 Å². The number of benzene rings is 2. The van der Waals surface area contributed by atoms with E-state index < -0.39 is 29.3 Å². The third kappa shape index (κ3) is 3.02. The maximum Gasteiger partial charge on any atom is 0.240 e. The SMILES string of the molecule is COc1ccc2c(c1)C=C[C@@H]1[C@@H]3C(=O)N(c4ccc5c(c4)OCO5)C(=O)[C@H]3[C@@H](C(=O)C(C)(C)C)N21. The maximum atomic E-state index is 13.9. The molecule has 0 N–H and O–H groups in total. The molecule has 4 atom stereocenters. The second-order valence-corrected chi connectivity index (χ2v) is 10.3. The van der Waals surface area contributed by atoms with Gasteiger partial charge in [0.1, 0.15) is 11.8 Å². The molecule has 4 aliphatic rings. The lowest BCUT2D eigenvalue weighted by Gasteiger charge is -2.38. The van der Waals surface area contributed by atoms with E-state index >= 15 is 0 Å². The average Bonchev–Trinajstić information content (AvgIpc) is 3.50. The number of methoxy groups -OCH3 is 1. The minimum absolute atomic E-state index is 0.0687. The highest BCUT2D eigenvalue weighted by Gasteiger charge is 2.65. The molecule has 6 rings (SSSR count). The first-order valence-electron chi connectivity index (χ1n) is 11.7. The first-order chi connectivity index (χ1) is 16.7. The Balaban J connectivity index is 1.46. The number of hydrogen-bond acceptors (Lipinski definition) is 7. The van der Waals surface area contributed by atoms with Gasteiger partial charge in [-0.3, -0.25) is 14.4 Å². The molecule has 0 spiro atoms. The predicted octanol–water partition coefficient (Wildman–Crippen LogP) is 3.43. The van der Waals surface area contributed by atoms with Crippen LogP contribution in [0.2, 0.25) is 0 Å². The number of nitrogens with zero attached hydrogens (tertiary/aromatic N) is 2. The summed E-state index contributed by atoms with van der Waals surface area (Å²) in [6.07, 6.45) is 3.88. The molecule has 0 aliphatic carbocycles. The van der Waals surface area contributed by atoms with E-state index in [9.17, 15) is 14.4 Å². The van der Waals surface area contributed by atoms with E-state index in [4.69, 9.17) is 14.2 Å². The summed E-state index contributed by atoms with van der Waals surface area (Å²) in [5, 5.41) is 0. The number of anilines is 2. The van der Waals surface area contributed by atoms with Crippen LogP contribution in [-0.4, -0.2) is 43.6 Å². The molecule has 180 valence electrons. The molecule has 0 radical (unpaired) electrons. The topological polar surface area (TPSA) is 85.4 Å². The van der Waals surface area contributed by atoms with Gasteiger partial charge < -0.3 is 19.1 Å². The van der Waals surface area contributed by atoms with Crippen LogP contribution in [0, 0.1) is 17.3 Å². The van der Waals surface area contributed by atoms with Gasteiger partial charge in [-0.1, -0.05) is 32.9 Å². The van der Waals surface area contributed by atoms with E-state index in [1.807, 2.05) is 56.0 Å². The maximum absolute atomic E-state index is 13.9. The van der Waals surface area contributed by atoms with Gasteiger partial charge in [0, 0.05) is 22.7 Å².